The molecule has 0 aromatic carbocycles. The number of unbranched alkanes of at least 4 members (excludes halogenated alkanes) is 1. The van der Waals surface area contributed by atoms with E-state index < -0.39 is 29.7 Å². The van der Waals surface area contributed by atoms with Gasteiger partial charge in [-0.25, -0.2) is 4.79 Å². The lowest BCUT2D eigenvalue weighted by molar-refractivity contribution is -0.156. The van der Waals surface area contributed by atoms with Gasteiger partial charge < -0.3 is 14.6 Å². The molecule has 6 heteroatoms. The molecule has 1 aliphatic carbocycles. The summed E-state index contributed by atoms with van der Waals surface area (Å²) < 4.78 is 10.0. The van der Waals surface area contributed by atoms with Gasteiger partial charge in [-0.3, -0.25) is 9.59 Å². The Bertz CT molecular complexity index is 465. The van der Waals surface area contributed by atoms with Gasteiger partial charge in [0.2, 0.25) is 0 Å². The number of carboxylic acid groups (broad SMARTS) is 1. The summed E-state index contributed by atoms with van der Waals surface area (Å²) in [6, 6.07) is 0. The van der Waals surface area contributed by atoms with Gasteiger partial charge >= 0.3 is 17.9 Å². The van der Waals surface area contributed by atoms with Gasteiger partial charge in [-0.1, -0.05) is 18.7 Å². The lowest BCUT2D eigenvalue weighted by Gasteiger charge is -2.22. The summed E-state index contributed by atoms with van der Waals surface area (Å²) in [6.07, 6.45) is 5.64. The van der Waals surface area contributed by atoms with Crippen molar-refractivity contribution >= 4 is 17.9 Å². The largest absolute Gasteiger partial charge is 0.481 e. The number of aliphatic carboxylic acids is 1. The molecule has 0 spiro atoms. The van der Waals surface area contributed by atoms with Gasteiger partial charge in [0.1, 0.15) is 0 Å². The van der Waals surface area contributed by atoms with Crippen molar-refractivity contribution in [2.75, 3.05) is 13.2 Å². The number of ether oxygens (including phenoxy) is 2. The van der Waals surface area contributed by atoms with Crippen LogP contribution in [0.25, 0.3) is 0 Å². The van der Waals surface area contributed by atoms with Crippen LogP contribution in [-0.2, 0) is 23.9 Å². The normalized spacial score (nSPS) is 20.2. The number of hydrogen-bond acceptors (Lipinski definition) is 5. The minimum atomic E-state index is -0.974. The molecule has 122 valence electrons. The molecule has 2 atom stereocenters. The molecule has 0 aromatic heterocycles. The van der Waals surface area contributed by atoms with E-state index in [0.717, 1.165) is 0 Å². The summed E-state index contributed by atoms with van der Waals surface area (Å²) in [7, 11) is 0. The molecule has 0 bridgehead atoms. The third kappa shape index (κ3) is 5.71. The summed E-state index contributed by atoms with van der Waals surface area (Å²) in [4.78, 5) is 34.1. The van der Waals surface area contributed by atoms with Crippen molar-refractivity contribution in [3.63, 3.8) is 0 Å². The number of allylic oxidation sites excluding steroid dienone is 1. The van der Waals surface area contributed by atoms with Crippen LogP contribution in [0.4, 0.5) is 0 Å². The zero-order chi connectivity index (χ0) is 16.5. The second kappa shape index (κ2) is 9.02. The molecule has 0 radical (unpaired) electrons. The standard InChI is InChI=1S/C16H22O6/c1-11(2)15(19)21-9-5-6-10-22-16(20)13-8-4-3-7-12(13)14(17)18/h4,8,12-13H,1,3,5-7,9-10H2,2H3,(H,17,18). The van der Waals surface area contributed by atoms with E-state index in [1.54, 1.807) is 13.0 Å². The van der Waals surface area contributed by atoms with E-state index in [4.69, 9.17) is 14.6 Å². The molecule has 6 nitrogen and oxygen atoms in total. The average Bonchev–Trinajstić information content (AvgIpc) is 2.49. The monoisotopic (exact) mass is 310 g/mol. The Morgan fingerprint density at radius 1 is 1.23 bits per heavy atom. The average molecular weight is 310 g/mol. The molecule has 2 unspecified atom stereocenters. The predicted molar refractivity (Wildman–Crippen MR) is 79.0 cm³/mol. The molecule has 0 amide bonds. The first-order valence-electron chi connectivity index (χ1n) is 7.32. The van der Waals surface area contributed by atoms with E-state index in [0.29, 0.717) is 31.3 Å². The Labute approximate surface area is 129 Å². The highest BCUT2D eigenvalue weighted by Gasteiger charge is 2.34. The van der Waals surface area contributed by atoms with Gasteiger partial charge in [0.15, 0.2) is 0 Å². The third-order valence-electron chi connectivity index (χ3n) is 3.38. The van der Waals surface area contributed by atoms with Crippen LogP contribution in [0.15, 0.2) is 24.3 Å². The number of carbonyl (C=O) groups is 3. The number of hydrogen-bond donors (Lipinski definition) is 1. The quantitative estimate of drug-likeness (QED) is 0.319. The molecule has 0 aromatic rings. The molecule has 1 N–H and O–H groups in total. The minimum Gasteiger partial charge on any atom is -0.481 e. The first-order valence-corrected chi connectivity index (χ1v) is 7.32. The van der Waals surface area contributed by atoms with E-state index in [1.807, 2.05) is 6.08 Å². The van der Waals surface area contributed by atoms with Gasteiger partial charge in [0.25, 0.3) is 0 Å². The molecule has 1 aliphatic rings. The Morgan fingerprint density at radius 3 is 2.45 bits per heavy atom. The van der Waals surface area contributed by atoms with E-state index in [-0.39, 0.29) is 13.2 Å². The van der Waals surface area contributed by atoms with Crippen LogP contribution in [-0.4, -0.2) is 36.2 Å². The van der Waals surface area contributed by atoms with Crippen molar-refractivity contribution in [3.8, 4) is 0 Å². The highest BCUT2D eigenvalue weighted by Crippen LogP contribution is 2.26. The summed E-state index contributed by atoms with van der Waals surface area (Å²) in [6.45, 7) is 5.46. The maximum Gasteiger partial charge on any atom is 0.333 e. The number of carbonyl (C=O) groups excluding carboxylic acids is 2. The van der Waals surface area contributed by atoms with Gasteiger partial charge in [-0.2, -0.15) is 0 Å². The first kappa shape index (κ1) is 17.9. The van der Waals surface area contributed by atoms with Crippen LogP contribution in [0.3, 0.4) is 0 Å². The number of rotatable bonds is 8. The predicted octanol–water partition coefficient (Wildman–Crippen LogP) is 2.10. The van der Waals surface area contributed by atoms with Crippen LogP contribution in [0.5, 0.6) is 0 Å². The topological polar surface area (TPSA) is 89.9 Å². The fourth-order valence-corrected chi connectivity index (χ4v) is 2.11. The van der Waals surface area contributed by atoms with Crippen molar-refractivity contribution in [2.45, 2.75) is 32.6 Å². The zero-order valence-electron chi connectivity index (χ0n) is 12.7. The van der Waals surface area contributed by atoms with E-state index in [1.165, 1.54) is 0 Å². The molecule has 0 aliphatic heterocycles. The maximum atomic E-state index is 11.9. The fourth-order valence-electron chi connectivity index (χ4n) is 2.11. The second-order valence-electron chi connectivity index (χ2n) is 5.27. The molecular weight excluding hydrogens is 288 g/mol. The van der Waals surface area contributed by atoms with Gasteiger partial charge in [-0.15, -0.1) is 0 Å². The maximum absolute atomic E-state index is 11.9. The van der Waals surface area contributed by atoms with E-state index >= 15 is 0 Å². The van der Waals surface area contributed by atoms with Crippen LogP contribution >= 0.6 is 0 Å². The van der Waals surface area contributed by atoms with Gasteiger partial charge in [0, 0.05) is 5.57 Å². The van der Waals surface area contributed by atoms with Crippen molar-refractivity contribution in [3.05, 3.63) is 24.3 Å². The van der Waals surface area contributed by atoms with E-state index in [9.17, 15) is 14.4 Å². The Morgan fingerprint density at radius 2 is 1.86 bits per heavy atom. The second-order valence-corrected chi connectivity index (χ2v) is 5.27. The van der Waals surface area contributed by atoms with Crippen molar-refractivity contribution in [1.82, 2.24) is 0 Å². The van der Waals surface area contributed by atoms with Crippen LogP contribution in [0, 0.1) is 11.8 Å². The summed E-state index contributed by atoms with van der Waals surface area (Å²) in [5.74, 6) is -3.35. The Balaban J connectivity index is 2.24. The molecule has 1 rings (SSSR count). The van der Waals surface area contributed by atoms with E-state index in [2.05, 4.69) is 6.58 Å². The molecule has 0 saturated heterocycles. The Kier molecular flexibility index (Phi) is 7.36. The number of esters is 2. The summed E-state index contributed by atoms with van der Waals surface area (Å²) >= 11 is 0. The van der Waals surface area contributed by atoms with Gasteiger partial charge in [-0.05, 0) is 32.6 Å². The molecule has 22 heavy (non-hydrogen) atoms. The molecular formula is C16H22O6. The first-order chi connectivity index (χ1) is 10.4. The van der Waals surface area contributed by atoms with Crippen LogP contribution in [0.2, 0.25) is 0 Å². The van der Waals surface area contributed by atoms with Crippen molar-refractivity contribution in [2.24, 2.45) is 11.8 Å². The zero-order valence-corrected chi connectivity index (χ0v) is 12.7. The third-order valence-corrected chi connectivity index (χ3v) is 3.38. The van der Waals surface area contributed by atoms with Crippen LogP contribution < -0.4 is 0 Å². The van der Waals surface area contributed by atoms with Crippen molar-refractivity contribution < 1.29 is 29.0 Å². The highest BCUT2D eigenvalue weighted by molar-refractivity contribution is 5.86. The summed E-state index contributed by atoms with van der Waals surface area (Å²) in [5, 5.41) is 9.10. The molecule has 0 saturated carbocycles. The minimum absolute atomic E-state index is 0.181. The lowest BCUT2D eigenvalue weighted by Crippen LogP contribution is -2.31. The smallest absolute Gasteiger partial charge is 0.333 e. The molecule has 0 heterocycles. The SMILES string of the molecule is C=C(C)C(=O)OCCCCOC(=O)C1C=CCCC1C(=O)O. The number of carboxylic acids is 1. The van der Waals surface area contributed by atoms with Gasteiger partial charge in [0.05, 0.1) is 25.0 Å². The fraction of sp³-hybridized carbons (Fsp3) is 0.562. The summed E-state index contributed by atoms with van der Waals surface area (Å²) in [5.41, 5.74) is 0.343. The van der Waals surface area contributed by atoms with Crippen LogP contribution in [0.1, 0.15) is 32.6 Å². The molecule has 0 fully saturated rings. The highest BCUT2D eigenvalue weighted by atomic mass is 16.5. The van der Waals surface area contributed by atoms with Crippen molar-refractivity contribution in [1.29, 1.82) is 0 Å². The Hall–Kier alpha value is -2.11. The lowest BCUT2D eigenvalue weighted by atomic mass is 9.84.